The Kier molecular flexibility index (Phi) is 4.39. The average molecular weight is 298 g/mol. The fourth-order valence-corrected chi connectivity index (χ4v) is 3.12. The van der Waals surface area contributed by atoms with Gasteiger partial charge in [-0.15, -0.1) is 23.7 Å². The van der Waals surface area contributed by atoms with Gasteiger partial charge in [0, 0.05) is 5.69 Å². The van der Waals surface area contributed by atoms with Crippen molar-refractivity contribution < 1.29 is 4.79 Å². The molecule has 0 bridgehead atoms. The summed E-state index contributed by atoms with van der Waals surface area (Å²) in [5.41, 5.74) is 1.85. The predicted octanol–water partition coefficient (Wildman–Crippen LogP) is 2.72. The molecule has 0 saturated carbocycles. The van der Waals surface area contributed by atoms with Crippen molar-refractivity contribution in [3.05, 3.63) is 23.2 Å². The number of carbonyl (C=O) groups is 1. The van der Waals surface area contributed by atoms with E-state index in [1.807, 2.05) is 25.1 Å². The van der Waals surface area contributed by atoms with Crippen molar-refractivity contribution >= 4 is 45.6 Å². The van der Waals surface area contributed by atoms with Gasteiger partial charge in [-0.1, -0.05) is 0 Å². The van der Waals surface area contributed by atoms with Crippen molar-refractivity contribution in [2.24, 2.45) is 0 Å². The molecule has 2 aromatic rings. The van der Waals surface area contributed by atoms with Gasteiger partial charge in [0.1, 0.15) is 0 Å². The molecular weight excluding hydrogens is 282 g/mol. The first-order chi connectivity index (χ1) is 8.72. The van der Waals surface area contributed by atoms with E-state index in [-0.39, 0.29) is 24.4 Å². The predicted molar refractivity (Wildman–Crippen MR) is 81.3 cm³/mol. The van der Waals surface area contributed by atoms with E-state index in [1.54, 1.807) is 11.3 Å². The highest BCUT2D eigenvalue weighted by Crippen LogP contribution is 2.25. The van der Waals surface area contributed by atoms with E-state index in [9.17, 15) is 4.79 Å². The first-order valence-corrected chi connectivity index (χ1v) is 6.95. The number of nitrogens with zero attached hydrogens (tertiary/aromatic N) is 1. The van der Waals surface area contributed by atoms with Gasteiger partial charge in [0.05, 0.1) is 21.3 Å². The zero-order valence-electron chi connectivity index (χ0n) is 10.6. The summed E-state index contributed by atoms with van der Waals surface area (Å²) in [6.07, 6.45) is 2.00. The summed E-state index contributed by atoms with van der Waals surface area (Å²) in [6.45, 7) is 2.93. The molecule has 6 heteroatoms. The maximum absolute atomic E-state index is 12.0. The van der Waals surface area contributed by atoms with Crippen LogP contribution in [0.1, 0.15) is 17.8 Å². The fourth-order valence-electron chi connectivity index (χ4n) is 2.26. The fraction of sp³-hybridized carbons (Fsp3) is 0.385. The van der Waals surface area contributed by atoms with Gasteiger partial charge >= 0.3 is 0 Å². The summed E-state index contributed by atoms with van der Waals surface area (Å²) < 4.78 is 1.12. The lowest BCUT2D eigenvalue weighted by Crippen LogP contribution is -2.35. The lowest BCUT2D eigenvalue weighted by molar-refractivity contribution is -0.117. The van der Waals surface area contributed by atoms with Crippen molar-refractivity contribution in [1.82, 2.24) is 10.3 Å². The van der Waals surface area contributed by atoms with Crippen LogP contribution in [0.2, 0.25) is 0 Å². The Morgan fingerprint density at radius 1 is 1.53 bits per heavy atom. The van der Waals surface area contributed by atoms with Gasteiger partial charge in [0.15, 0.2) is 0 Å². The van der Waals surface area contributed by atoms with Crippen LogP contribution >= 0.6 is 23.7 Å². The highest BCUT2D eigenvalue weighted by Gasteiger charge is 2.21. The SMILES string of the molecule is Cc1nc2ccc(NC(=O)[C@@H]3CCCN3)cc2s1.Cl. The third kappa shape index (κ3) is 3.05. The van der Waals surface area contributed by atoms with Crippen LogP contribution in [0.5, 0.6) is 0 Å². The number of hydrogen-bond donors (Lipinski definition) is 2. The van der Waals surface area contributed by atoms with Crippen LogP contribution < -0.4 is 10.6 Å². The van der Waals surface area contributed by atoms with E-state index in [4.69, 9.17) is 0 Å². The van der Waals surface area contributed by atoms with E-state index in [1.165, 1.54) is 0 Å². The molecule has 19 heavy (non-hydrogen) atoms. The quantitative estimate of drug-likeness (QED) is 0.896. The van der Waals surface area contributed by atoms with Gasteiger partial charge in [-0.3, -0.25) is 4.79 Å². The summed E-state index contributed by atoms with van der Waals surface area (Å²) in [7, 11) is 0. The summed E-state index contributed by atoms with van der Waals surface area (Å²) in [6, 6.07) is 5.82. The molecular formula is C13H16ClN3OS. The molecule has 102 valence electrons. The highest BCUT2D eigenvalue weighted by molar-refractivity contribution is 7.18. The van der Waals surface area contributed by atoms with Crippen LogP contribution in [0.4, 0.5) is 5.69 Å². The molecule has 2 heterocycles. The van der Waals surface area contributed by atoms with Gasteiger partial charge < -0.3 is 10.6 Å². The minimum absolute atomic E-state index is 0. The number of aryl methyl sites for hydroxylation is 1. The molecule has 0 radical (unpaired) electrons. The molecule has 1 amide bonds. The molecule has 0 aliphatic carbocycles. The Morgan fingerprint density at radius 3 is 3.11 bits per heavy atom. The van der Waals surface area contributed by atoms with Crippen molar-refractivity contribution in [2.75, 3.05) is 11.9 Å². The van der Waals surface area contributed by atoms with Gasteiger partial charge in [0.2, 0.25) is 5.91 Å². The molecule has 0 unspecified atom stereocenters. The number of rotatable bonds is 2. The molecule has 0 spiro atoms. The lowest BCUT2D eigenvalue weighted by Gasteiger charge is -2.10. The minimum Gasteiger partial charge on any atom is -0.325 e. The van der Waals surface area contributed by atoms with E-state index in [0.717, 1.165) is 40.3 Å². The van der Waals surface area contributed by atoms with E-state index in [2.05, 4.69) is 15.6 Å². The van der Waals surface area contributed by atoms with Crippen molar-refractivity contribution in [2.45, 2.75) is 25.8 Å². The number of halogens is 1. The topological polar surface area (TPSA) is 54.0 Å². The standard InChI is InChI=1S/C13H15N3OS.ClH/c1-8-15-10-5-4-9(7-12(10)18-8)16-13(17)11-3-2-6-14-11;/h4-5,7,11,14H,2-3,6H2,1H3,(H,16,17);1H/t11-;/m0./s1. The lowest BCUT2D eigenvalue weighted by atomic mass is 10.2. The second kappa shape index (κ2) is 5.86. The van der Waals surface area contributed by atoms with E-state index in [0.29, 0.717) is 0 Å². The Morgan fingerprint density at radius 2 is 2.37 bits per heavy atom. The third-order valence-electron chi connectivity index (χ3n) is 3.14. The number of thiazole rings is 1. The highest BCUT2D eigenvalue weighted by atomic mass is 35.5. The van der Waals surface area contributed by atoms with Gasteiger partial charge in [-0.05, 0) is 44.5 Å². The second-order valence-electron chi connectivity index (χ2n) is 4.55. The Bertz CT molecular complexity index is 593. The van der Waals surface area contributed by atoms with Crippen LogP contribution in [0.3, 0.4) is 0 Å². The zero-order valence-corrected chi connectivity index (χ0v) is 12.2. The molecule has 2 N–H and O–H groups in total. The Hall–Kier alpha value is -1.17. The van der Waals surface area contributed by atoms with E-state index >= 15 is 0 Å². The second-order valence-corrected chi connectivity index (χ2v) is 5.79. The first kappa shape index (κ1) is 14.2. The smallest absolute Gasteiger partial charge is 0.241 e. The molecule has 1 aromatic heterocycles. The number of benzene rings is 1. The summed E-state index contributed by atoms with van der Waals surface area (Å²) in [5.74, 6) is 0.0630. The normalized spacial score (nSPS) is 18.3. The molecule has 4 nitrogen and oxygen atoms in total. The minimum atomic E-state index is -0.0381. The Labute approximate surface area is 122 Å². The van der Waals surface area contributed by atoms with Crippen LogP contribution in [-0.4, -0.2) is 23.5 Å². The van der Waals surface area contributed by atoms with E-state index < -0.39 is 0 Å². The largest absolute Gasteiger partial charge is 0.325 e. The van der Waals surface area contributed by atoms with Crippen LogP contribution in [-0.2, 0) is 4.79 Å². The number of anilines is 1. The van der Waals surface area contributed by atoms with Crippen molar-refractivity contribution in [3.8, 4) is 0 Å². The monoisotopic (exact) mass is 297 g/mol. The maximum Gasteiger partial charge on any atom is 0.241 e. The van der Waals surface area contributed by atoms with Gasteiger partial charge in [-0.25, -0.2) is 4.98 Å². The Balaban J connectivity index is 0.00000133. The van der Waals surface area contributed by atoms with Crippen LogP contribution in [0, 0.1) is 6.92 Å². The number of aromatic nitrogens is 1. The molecule has 1 aliphatic heterocycles. The molecule has 1 atom stereocenters. The number of amides is 1. The molecule has 3 rings (SSSR count). The molecule has 1 saturated heterocycles. The average Bonchev–Trinajstić information content (AvgIpc) is 2.95. The molecule has 1 aliphatic rings. The van der Waals surface area contributed by atoms with Crippen LogP contribution in [0.25, 0.3) is 10.2 Å². The third-order valence-corrected chi connectivity index (χ3v) is 4.07. The van der Waals surface area contributed by atoms with Crippen molar-refractivity contribution in [1.29, 1.82) is 0 Å². The summed E-state index contributed by atoms with van der Waals surface area (Å²) in [5, 5.41) is 7.21. The van der Waals surface area contributed by atoms with Crippen molar-refractivity contribution in [3.63, 3.8) is 0 Å². The first-order valence-electron chi connectivity index (χ1n) is 6.14. The van der Waals surface area contributed by atoms with Crippen LogP contribution in [0.15, 0.2) is 18.2 Å². The maximum atomic E-state index is 12.0. The number of hydrogen-bond acceptors (Lipinski definition) is 4. The zero-order chi connectivity index (χ0) is 12.5. The van der Waals surface area contributed by atoms with Gasteiger partial charge in [-0.2, -0.15) is 0 Å². The number of nitrogens with one attached hydrogen (secondary N) is 2. The molecule has 1 fully saturated rings. The summed E-state index contributed by atoms with van der Waals surface area (Å²) >= 11 is 1.65. The number of fused-ring (bicyclic) bond motifs is 1. The number of carbonyl (C=O) groups excluding carboxylic acids is 1. The summed E-state index contributed by atoms with van der Waals surface area (Å²) in [4.78, 5) is 16.4. The molecule has 1 aromatic carbocycles. The van der Waals surface area contributed by atoms with Gasteiger partial charge in [0.25, 0.3) is 0 Å².